The molecule has 11 heteroatoms. The van der Waals surface area contributed by atoms with E-state index in [0.717, 1.165) is 24.6 Å². The van der Waals surface area contributed by atoms with Crippen LogP contribution in [-0.4, -0.2) is 23.1 Å². The predicted molar refractivity (Wildman–Crippen MR) is 125 cm³/mol. The number of thiocarbonyl (C=S) groups is 1. The molecule has 1 aromatic heterocycles. The predicted octanol–water partition coefficient (Wildman–Crippen LogP) is 5.75. The molecule has 0 fully saturated rings. The van der Waals surface area contributed by atoms with Crippen molar-refractivity contribution in [2.75, 3.05) is 12.4 Å². The Hall–Kier alpha value is -3.99. The van der Waals surface area contributed by atoms with E-state index in [1.807, 2.05) is 30.4 Å². The molecule has 35 heavy (non-hydrogen) atoms. The van der Waals surface area contributed by atoms with E-state index in [1.54, 1.807) is 24.3 Å². The van der Waals surface area contributed by atoms with E-state index in [9.17, 15) is 22.4 Å². The molecule has 0 bridgehead atoms. The molecule has 0 aliphatic rings. The summed E-state index contributed by atoms with van der Waals surface area (Å²) in [6.45, 7) is 2.04. The molecule has 180 valence electrons. The number of benzene rings is 3. The van der Waals surface area contributed by atoms with Crippen molar-refractivity contribution in [1.29, 1.82) is 0 Å². The highest BCUT2D eigenvalue weighted by atomic mass is 32.1. The van der Waals surface area contributed by atoms with E-state index >= 15 is 0 Å². The highest BCUT2D eigenvalue weighted by molar-refractivity contribution is 7.80. The first-order valence-electron chi connectivity index (χ1n) is 10.3. The number of fused-ring (bicyclic) bond motifs is 1. The van der Waals surface area contributed by atoms with Crippen LogP contribution >= 0.6 is 12.2 Å². The highest BCUT2D eigenvalue weighted by Crippen LogP contribution is 2.30. The molecule has 6 nitrogen and oxygen atoms in total. The highest BCUT2D eigenvalue weighted by Gasteiger charge is 2.30. The summed E-state index contributed by atoms with van der Waals surface area (Å²) in [5.41, 5.74) is 2.13. The number of nitrogens with zero attached hydrogens (tertiary/aromatic N) is 1. The van der Waals surface area contributed by atoms with E-state index in [4.69, 9.17) is 16.6 Å². The van der Waals surface area contributed by atoms with Gasteiger partial charge >= 0.3 is 0 Å². The minimum atomic E-state index is -1.91. The van der Waals surface area contributed by atoms with Crippen molar-refractivity contribution in [3.05, 3.63) is 76.9 Å². The summed E-state index contributed by atoms with van der Waals surface area (Å²) >= 11 is 4.98. The summed E-state index contributed by atoms with van der Waals surface area (Å²) < 4.78 is 66.1. The van der Waals surface area contributed by atoms with Crippen LogP contribution in [0.5, 0.6) is 5.75 Å². The van der Waals surface area contributed by atoms with Gasteiger partial charge in [-0.1, -0.05) is 13.0 Å². The summed E-state index contributed by atoms with van der Waals surface area (Å²) in [5, 5.41) is 4.28. The second-order valence-corrected chi connectivity index (χ2v) is 7.73. The molecule has 4 aromatic rings. The topological polar surface area (TPSA) is 76.4 Å². The molecule has 1 heterocycles. The Morgan fingerprint density at radius 3 is 2.29 bits per heavy atom. The smallest absolute Gasteiger partial charge is 0.263 e. The van der Waals surface area contributed by atoms with Crippen LogP contribution in [0, 0.1) is 23.3 Å². The van der Waals surface area contributed by atoms with Crippen LogP contribution in [0.25, 0.3) is 22.6 Å². The molecular formula is C24H17F4N3O3S. The fourth-order valence-corrected chi connectivity index (χ4v) is 3.54. The van der Waals surface area contributed by atoms with Gasteiger partial charge in [-0.3, -0.25) is 10.1 Å². The number of methoxy groups -OCH3 is 1. The number of aryl methyl sites for hydroxylation is 1. The zero-order valence-electron chi connectivity index (χ0n) is 18.3. The number of halogens is 4. The molecule has 3 aromatic carbocycles. The first-order chi connectivity index (χ1) is 16.7. The molecule has 4 rings (SSSR count). The van der Waals surface area contributed by atoms with Crippen LogP contribution < -0.4 is 15.4 Å². The van der Waals surface area contributed by atoms with Gasteiger partial charge in [-0.2, -0.15) is 8.78 Å². The van der Waals surface area contributed by atoms with Crippen molar-refractivity contribution in [2.24, 2.45) is 0 Å². The van der Waals surface area contributed by atoms with Crippen molar-refractivity contribution in [3.8, 4) is 17.2 Å². The van der Waals surface area contributed by atoms with E-state index in [1.165, 1.54) is 0 Å². The number of nitrogens with one attached hydrogen (secondary N) is 2. The first-order valence-corrected chi connectivity index (χ1v) is 10.7. The largest absolute Gasteiger partial charge is 0.491 e. The molecule has 0 saturated carbocycles. The van der Waals surface area contributed by atoms with Gasteiger partial charge in [0.25, 0.3) is 5.91 Å². The van der Waals surface area contributed by atoms with Gasteiger partial charge in [-0.15, -0.1) is 0 Å². The lowest BCUT2D eigenvalue weighted by Gasteiger charge is -2.13. The molecule has 0 aliphatic carbocycles. The second kappa shape index (κ2) is 9.71. The standard InChI is InChI=1S/C24H17F4N3O3S/c1-3-11-4-9-15-14(10-11)30-23(34-15)12-5-7-13(8-6-12)29-24(35)31-22(32)16-17(25)19(27)21(33-2)20(28)18(16)26/h4-10H,3H2,1-2H3,(H2,29,31,32,35). The van der Waals surface area contributed by atoms with Crippen LogP contribution in [-0.2, 0) is 6.42 Å². The van der Waals surface area contributed by atoms with Crippen LogP contribution in [0.4, 0.5) is 23.2 Å². The number of aromatic nitrogens is 1. The molecule has 0 atom stereocenters. The summed E-state index contributed by atoms with van der Waals surface area (Å²) in [6.07, 6.45) is 0.872. The minimum Gasteiger partial charge on any atom is -0.491 e. The third kappa shape index (κ3) is 4.67. The zero-order valence-corrected chi connectivity index (χ0v) is 19.2. The third-order valence-corrected chi connectivity index (χ3v) is 5.34. The van der Waals surface area contributed by atoms with Crippen LogP contribution in [0.15, 0.2) is 46.9 Å². The molecule has 2 N–H and O–H groups in total. The van der Waals surface area contributed by atoms with Gasteiger partial charge in [0.2, 0.25) is 17.5 Å². The van der Waals surface area contributed by atoms with Gasteiger partial charge < -0.3 is 14.5 Å². The Kier molecular flexibility index (Phi) is 6.70. The van der Waals surface area contributed by atoms with E-state index < -0.39 is 40.5 Å². The lowest BCUT2D eigenvalue weighted by molar-refractivity contribution is 0.0966. The Bertz CT molecular complexity index is 1430. The maximum atomic E-state index is 14.1. The van der Waals surface area contributed by atoms with Gasteiger partial charge in [0.1, 0.15) is 11.1 Å². The molecule has 1 amide bonds. The number of oxazole rings is 1. The lowest BCUT2D eigenvalue weighted by Crippen LogP contribution is -2.35. The normalized spacial score (nSPS) is 10.9. The quantitative estimate of drug-likeness (QED) is 0.205. The first kappa shape index (κ1) is 24.1. The molecule has 0 unspecified atom stereocenters. The summed E-state index contributed by atoms with van der Waals surface area (Å²) in [4.78, 5) is 16.7. The molecular weight excluding hydrogens is 486 g/mol. The van der Waals surface area contributed by atoms with Crippen LogP contribution in [0.2, 0.25) is 0 Å². The van der Waals surface area contributed by atoms with Crippen molar-refractivity contribution in [3.63, 3.8) is 0 Å². The van der Waals surface area contributed by atoms with Gasteiger partial charge in [0, 0.05) is 11.3 Å². The number of amides is 1. The minimum absolute atomic E-state index is 0.354. The number of anilines is 1. The fraction of sp³-hybridized carbons (Fsp3) is 0.125. The lowest BCUT2D eigenvalue weighted by atomic mass is 10.1. The summed E-state index contributed by atoms with van der Waals surface area (Å²) in [6, 6.07) is 12.4. The molecule has 0 spiro atoms. The average molecular weight is 503 g/mol. The Morgan fingerprint density at radius 2 is 1.69 bits per heavy atom. The maximum absolute atomic E-state index is 14.1. The van der Waals surface area contributed by atoms with E-state index in [2.05, 4.69) is 15.0 Å². The summed E-state index contributed by atoms with van der Waals surface area (Å²) in [7, 11) is 0.830. The number of hydrogen-bond acceptors (Lipinski definition) is 5. The van der Waals surface area contributed by atoms with Crippen molar-refractivity contribution in [1.82, 2.24) is 10.3 Å². The molecule has 0 saturated heterocycles. The molecule has 0 radical (unpaired) electrons. The second-order valence-electron chi connectivity index (χ2n) is 7.32. The van der Waals surface area contributed by atoms with Gasteiger partial charge in [-0.25, -0.2) is 13.8 Å². The number of carbonyl (C=O) groups excluding carboxylic acids is 1. The number of carbonyl (C=O) groups is 1. The van der Waals surface area contributed by atoms with Gasteiger partial charge in [0.05, 0.1) is 7.11 Å². The number of ether oxygens (including phenoxy) is 1. The monoisotopic (exact) mass is 503 g/mol. The van der Waals surface area contributed by atoms with Crippen molar-refractivity contribution >= 4 is 40.0 Å². The Morgan fingerprint density at radius 1 is 1.03 bits per heavy atom. The number of rotatable bonds is 5. The van der Waals surface area contributed by atoms with E-state index in [0.29, 0.717) is 22.7 Å². The fourth-order valence-electron chi connectivity index (χ4n) is 3.33. The van der Waals surface area contributed by atoms with Gasteiger partial charge in [-0.05, 0) is 60.6 Å². The Labute approximate surface area is 201 Å². The van der Waals surface area contributed by atoms with Crippen molar-refractivity contribution < 1.29 is 31.5 Å². The van der Waals surface area contributed by atoms with Crippen molar-refractivity contribution in [2.45, 2.75) is 13.3 Å². The summed E-state index contributed by atoms with van der Waals surface area (Å²) in [5.74, 6) is -9.84. The molecule has 0 aliphatic heterocycles. The SMILES string of the molecule is CCc1ccc2oc(-c3ccc(NC(=S)NC(=O)c4c(F)c(F)c(OC)c(F)c4F)cc3)nc2c1. The maximum Gasteiger partial charge on any atom is 0.263 e. The average Bonchev–Trinajstić information content (AvgIpc) is 3.27. The third-order valence-electron chi connectivity index (χ3n) is 5.13. The number of hydrogen-bond donors (Lipinski definition) is 2. The van der Waals surface area contributed by atoms with E-state index in [-0.39, 0.29) is 5.11 Å². The van der Waals surface area contributed by atoms with Crippen LogP contribution in [0.1, 0.15) is 22.8 Å². The van der Waals surface area contributed by atoms with Gasteiger partial charge in [0.15, 0.2) is 28.1 Å². The zero-order chi connectivity index (χ0) is 25.3. The van der Waals surface area contributed by atoms with Crippen LogP contribution in [0.3, 0.4) is 0 Å². The Balaban J connectivity index is 1.47.